The predicted octanol–water partition coefficient (Wildman–Crippen LogP) is 4.80. The van der Waals surface area contributed by atoms with Crippen molar-refractivity contribution in [3.63, 3.8) is 0 Å². The number of hydrogen-bond donors (Lipinski definition) is 1. The van der Waals surface area contributed by atoms with Gasteiger partial charge in [0.05, 0.1) is 5.60 Å². The fourth-order valence-corrected chi connectivity index (χ4v) is 2.32. The van der Waals surface area contributed by atoms with Gasteiger partial charge in [-0.05, 0) is 44.4 Å². The second-order valence-corrected chi connectivity index (χ2v) is 6.67. The van der Waals surface area contributed by atoms with Crippen LogP contribution in [0, 0.1) is 17.8 Å². The van der Waals surface area contributed by atoms with Gasteiger partial charge in [-0.15, -0.1) is 0 Å². The Kier molecular flexibility index (Phi) is 7.08. The maximum Gasteiger partial charge on any atom is 0.0591 e. The first kappa shape index (κ1) is 16.7. The summed E-state index contributed by atoms with van der Waals surface area (Å²) >= 11 is 0. The third kappa shape index (κ3) is 8.43. The number of aliphatic hydroxyl groups is 1. The Bertz CT molecular complexity index is 230. The molecule has 0 bridgehead atoms. The number of hydrogen-bond acceptors (Lipinski definition) is 1. The molecule has 0 fully saturated rings. The molecule has 0 saturated heterocycles. The summed E-state index contributed by atoms with van der Waals surface area (Å²) in [5.74, 6) is 1.90. The Morgan fingerprint density at radius 2 is 1.65 bits per heavy atom. The van der Waals surface area contributed by atoms with Crippen molar-refractivity contribution < 1.29 is 5.11 Å². The van der Waals surface area contributed by atoms with E-state index in [9.17, 15) is 5.11 Å². The van der Waals surface area contributed by atoms with Crippen molar-refractivity contribution in [2.75, 3.05) is 0 Å². The summed E-state index contributed by atoms with van der Waals surface area (Å²) in [7, 11) is 0. The summed E-state index contributed by atoms with van der Waals surface area (Å²) in [6.07, 6.45) is 5.59. The Hall–Kier alpha value is -0.300. The van der Waals surface area contributed by atoms with Gasteiger partial charge in [-0.3, -0.25) is 0 Å². The molecule has 0 aromatic rings. The minimum atomic E-state index is -0.514. The van der Waals surface area contributed by atoms with Gasteiger partial charge in [0.1, 0.15) is 0 Å². The van der Waals surface area contributed by atoms with Crippen LogP contribution >= 0.6 is 0 Å². The van der Waals surface area contributed by atoms with E-state index >= 15 is 0 Å². The molecule has 0 unspecified atom stereocenters. The van der Waals surface area contributed by atoms with Crippen LogP contribution in [-0.2, 0) is 0 Å². The molecule has 0 heterocycles. The van der Waals surface area contributed by atoms with Crippen LogP contribution in [0.15, 0.2) is 11.6 Å². The van der Waals surface area contributed by atoms with Crippen molar-refractivity contribution >= 4 is 0 Å². The van der Waals surface area contributed by atoms with Gasteiger partial charge in [0, 0.05) is 0 Å². The lowest BCUT2D eigenvalue weighted by atomic mass is 9.85. The van der Waals surface area contributed by atoms with Crippen molar-refractivity contribution in [2.24, 2.45) is 17.8 Å². The van der Waals surface area contributed by atoms with E-state index < -0.39 is 5.60 Å². The van der Waals surface area contributed by atoms with Crippen LogP contribution in [0.25, 0.3) is 0 Å². The van der Waals surface area contributed by atoms with Crippen molar-refractivity contribution in [3.8, 4) is 0 Å². The van der Waals surface area contributed by atoms with E-state index in [-0.39, 0.29) is 0 Å². The van der Waals surface area contributed by atoms with E-state index in [1.165, 1.54) is 6.42 Å². The first-order chi connectivity index (χ1) is 7.63. The molecule has 17 heavy (non-hydrogen) atoms. The molecule has 102 valence electrons. The maximum absolute atomic E-state index is 9.71. The average Bonchev–Trinajstić information content (AvgIpc) is 2.11. The smallest absolute Gasteiger partial charge is 0.0591 e. The lowest BCUT2D eigenvalue weighted by Gasteiger charge is -2.23. The van der Waals surface area contributed by atoms with Crippen molar-refractivity contribution in [2.45, 2.75) is 73.3 Å². The molecule has 0 aliphatic heterocycles. The third-order valence-electron chi connectivity index (χ3n) is 3.19. The zero-order chi connectivity index (χ0) is 13.6. The van der Waals surface area contributed by atoms with E-state index in [0.29, 0.717) is 17.8 Å². The molecule has 0 radical (unpaired) electrons. The fraction of sp³-hybridized carbons (Fsp3) is 0.875. The summed E-state index contributed by atoms with van der Waals surface area (Å²) in [6.45, 7) is 15.1. The molecule has 0 aliphatic carbocycles. The van der Waals surface area contributed by atoms with Gasteiger partial charge in [0.25, 0.3) is 0 Å². The van der Waals surface area contributed by atoms with E-state index in [1.807, 2.05) is 13.8 Å². The van der Waals surface area contributed by atoms with Gasteiger partial charge in [-0.2, -0.15) is 0 Å². The molecule has 0 saturated carbocycles. The van der Waals surface area contributed by atoms with Crippen LogP contribution in [0.3, 0.4) is 0 Å². The Balaban J connectivity index is 4.31. The van der Waals surface area contributed by atoms with Crippen LogP contribution < -0.4 is 0 Å². The highest BCUT2D eigenvalue weighted by Crippen LogP contribution is 2.27. The topological polar surface area (TPSA) is 20.2 Å². The largest absolute Gasteiger partial charge is 0.390 e. The Morgan fingerprint density at radius 1 is 1.12 bits per heavy atom. The molecule has 0 aliphatic rings. The average molecular weight is 240 g/mol. The molecular formula is C16H32O. The minimum absolute atomic E-state index is 0.514. The molecular weight excluding hydrogens is 208 g/mol. The second kappa shape index (κ2) is 7.20. The van der Waals surface area contributed by atoms with Gasteiger partial charge in [0.15, 0.2) is 0 Å². The lowest BCUT2D eigenvalue weighted by Crippen LogP contribution is -2.18. The summed E-state index contributed by atoms with van der Waals surface area (Å²) in [4.78, 5) is 0. The minimum Gasteiger partial charge on any atom is -0.390 e. The van der Waals surface area contributed by atoms with Gasteiger partial charge >= 0.3 is 0 Å². The molecule has 0 amide bonds. The van der Waals surface area contributed by atoms with E-state index in [0.717, 1.165) is 12.8 Å². The normalized spacial score (nSPS) is 15.8. The highest BCUT2D eigenvalue weighted by molar-refractivity contribution is 5.09. The lowest BCUT2D eigenvalue weighted by molar-refractivity contribution is 0.0673. The molecule has 0 rings (SSSR count). The first-order valence-electron chi connectivity index (χ1n) is 7.07. The number of allylic oxidation sites excluding steroid dienone is 2. The zero-order valence-corrected chi connectivity index (χ0v) is 12.9. The second-order valence-electron chi connectivity index (χ2n) is 6.67. The SMILES string of the molecule is CC(C)/C=C(\C(C)C)[C@H](C)CCCC(C)(C)O. The highest BCUT2D eigenvalue weighted by Gasteiger charge is 2.16. The summed E-state index contributed by atoms with van der Waals surface area (Å²) < 4.78 is 0. The van der Waals surface area contributed by atoms with Crippen LogP contribution in [0.1, 0.15) is 67.7 Å². The standard InChI is InChI=1S/C16H32O/c1-12(2)11-15(13(3)4)14(5)9-8-10-16(6,7)17/h11-14,17H,8-10H2,1-7H3/b15-11+/t14-/m1/s1. The van der Waals surface area contributed by atoms with E-state index in [4.69, 9.17) is 0 Å². The van der Waals surface area contributed by atoms with Gasteiger partial charge in [-0.1, -0.05) is 52.7 Å². The van der Waals surface area contributed by atoms with Crippen LogP contribution in [0.2, 0.25) is 0 Å². The zero-order valence-electron chi connectivity index (χ0n) is 12.9. The van der Waals surface area contributed by atoms with Crippen molar-refractivity contribution in [3.05, 3.63) is 11.6 Å². The maximum atomic E-state index is 9.71. The van der Waals surface area contributed by atoms with Gasteiger partial charge < -0.3 is 5.11 Å². The van der Waals surface area contributed by atoms with Crippen LogP contribution in [-0.4, -0.2) is 10.7 Å². The van der Waals surface area contributed by atoms with Gasteiger partial charge in [-0.25, -0.2) is 0 Å². The molecule has 0 aromatic carbocycles. The monoisotopic (exact) mass is 240 g/mol. The molecule has 1 atom stereocenters. The number of rotatable bonds is 7. The van der Waals surface area contributed by atoms with Crippen molar-refractivity contribution in [1.29, 1.82) is 0 Å². The summed E-state index contributed by atoms with van der Waals surface area (Å²) in [6, 6.07) is 0. The third-order valence-corrected chi connectivity index (χ3v) is 3.19. The van der Waals surface area contributed by atoms with E-state index in [1.54, 1.807) is 5.57 Å². The molecule has 0 spiro atoms. The van der Waals surface area contributed by atoms with Crippen LogP contribution in [0.4, 0.5) is 0 Å². The Morgan fingerprint density at radius 3 is 2.00 bits per heavy atom. The van der Waals surface area contributed by atoms with E-state index in [2.05, 4.69) is 40.7 Å². The Labute approximate surface area is 108 Å². The summed E-state index contributed by atoms with van der Waals surface area (Å²) in [5, 5.41) is 9.71. The molecule has 1 heteroatoms. The highest BCUT2D eigenvalue weighted by atomic mass is 16.3. The van der Waals surface area contributed by atoms with Crippen molar-refractivity contribution in [1.82, 2.24) is 0 Å². The summed E-state index contributed by atoms with van der Waals surface area (Å²) in [5.41, 5.74) is 1.06. The van der Waals surface area contributed by atoms with Crippen LogP contribution in [0.5, 0.6) is 0 Å². The molecule has 1 nitrogen and oxygen atoms in total. The molecule has 1 N–H and O–H groups in total. The van der Waals surface area contributed by atoms with Gasteiger partial charge in [0.2, 0.25) is 0 Å². The fourth-order valence-electron chi connectivity index (χ4n) is 2.32. The predicted molar refractivity (Wildman–Crippen MR) is 77.1 cm³/mol. The molecule has 0 aromatic heterocycles. The quantitative estimate of drug-likeness (QED) is 0.634. The first-order valence-corrected chi connectivity index (χ1v) is 7.07.